The third-order valence-electron chi connectivity index (χ3n) is 4.34. The van der Waals surface area contributed by atoms with Gasteiger partial charge in [0, 0.05) is 11.7 Å². The van der Waals surface area contributed by atoms with Gasteiger partial charge >= 0.3 is 0 Å². The minimum absolute atomic E-state index is 0.0349. The SMILES string of the molecule is C[C@H]1Cc2ccccc2N1C(=O)CSc1nnnn1-c1ccc(O)cc1. The average molecular weight is 367 g/mol. The van der Waals surface area contributed by atoms with Crippen molar-refractivity contribution in [3.8, 4) is 11.4 Å². The number of hydrogen-bond acceptors (Lipinski definition) is 6. The summed E-state index contributed by atoms with van der Waals surface area (Å²) in [7, 11) is 0. The normalized spacial score (nSPS) is 15.9. The zero-order valence-electron chi connectivity index (χ0n) is 14.1. The maximum absolute atomic E-state index is 12.8. The molecule has 2 aromatic carbocycles. The summed E-state index contributed by atoms with van der Waals surface area (Å²) < 4.78 is 1.55. The molecule has 1 aliphatic heterocycles. The van der Waals surface area contributed by atoms with E-state index in [2.05, 4.69) is 28.5 Å². The Morgan fingerprint density at radius 3 is 2.81 bits per heavy atom. The zero-order valence-corrected chi connectivity index (χ0v) is 14.9. The van der Waals surface area contributed by atoms with Crippen LogP contribution in [0.4, 0.5) is 5.69 Å². The molecule has 1 aliphatic rings. The number of anilines is 1. The molecule has 7 nitrogen and oxygen atoms in total. The minimum Gasteiger partial charge on any atom is -0.508 e. The Morgan fingerprint density at radius 1 is 1.23 bits per heavy atom. The minimum atomic E-state index is 0.0349. The number of aromatic hydroxyl groups is 1. The molecule has 0 bridgehead atoms. The van der Waals surface area contributed by atoms with E-state index in [-0.39, 0.29) is 23.5 Å². The molecule has 0 spiro atoms. The number of tetrazole rings is 1. The lowest BCUT2D eigenvalue weighted by atomic mass is 10.1. The van der Waals surface area contributed by atoms with Crippen LogP contribution in [0.3, 0.4) is 0 Å². The van der Waals surface area contributed by atoms with Gasteiger partial charge in [0.25, 0.3) is 0 Å². The molecule has 1 aromatic heterocycles. The molecular weight excluding hydrogens is 350 g/mol. The first-order valence-corrected chi connectivity index (χ1v) is 9.22. The van der Waals surface area contributed by atoms with Crippen molar-refractivity contribution in [3.05, 3.63) is 54.1 Å². The topological polar surface area (TPSA) is 84.1 Å². The van der Waals surface area contributed by atoms with Crippen LogP contribution < -0.4 is 4.90 Å². The number of carbonyl (C=O) groups excluding carboxylic acids is 1. The number of carbonyl (C=O) groups is 1. The molecular formula is C18H17N5O2S. The van der Waals surface area contributed by atoms with Crippen LogP contribution in [0.5, 0.6) is 5.75 Å². The molecule has 1 N–H and O–H groups in total. The highest BCUT2D eigenvalue weighted by molar-refractivity contribution is 7.99. The first-order valence-electron chi connectivity index (χ1n) is 8.24. The van der Waals surface area contributed by atoms with Gasteiger partial charge in [-0.25, -0.2) is 0 Å². The first kappa shape index (κ1) is 16.6. The smallest absolute Gasteiger partial charge is 0.237 e. The van der Waals surface area contributed by atoms with Crippen LogP contribution in [0.25, 0.3) is 5.69 Å². The molecule has 26 heavy (non-hydrogen) atoms. The van der Waals surface area contributed by atoms with Crippen molar-refractivity contribution in [1.29, 1.82) is 0 Å². The van der Waals surface area contributed by atoms with Gasteiger partial charge in [-0.1, -0.05) is 30.0 Å². The van der Waals surface area contributed by atoms with E-state index in [1.54, 1.807) is 28.9 Å². The van der Waals surface area contributed by atoms with Crippen LogP contribution in [-0.2, 0) is 11.2 Å². The van der Waals surface area contributed by atoms with E-state index in [4.69, 9.17) is 0 Å². The molecule has 1 atom stereocenters. The highest BCUT2D eigenvalue weighted by atomic mass is 32.2. The van der Waals surface area contributed by atoms with Gasteiger partial charge in [0.2, 0.25) is 11.1 Å². The second kappa shape index (κ2) is 6.80. The number of nitrogens with zero attached hydrogens (tertiary/aromatic N) is 5. The van der Waals surface area contributed by atoms with Crippen LogP contribution in [-0.4, -0.2) is 43.0 Å². The largest absolute Gasteiger partial charge is 0.508 e. The van der Waals surface area contributed by atoms with Gasteiger partial charge < -0.3 is 10.0 Å². The van der Waals surface area contributed by atoms with Crippen LogP contribution >= 0.6 is 11.8 Å². The standard InChI is InChI=1S/C18H17N5O2S/c1-12-10-13-4-2-3-5-16(13)22(12)17(25)11-26-18-19-20-21-23(18)14-6-8-15(24)9-7-14/h2-9,12,24H,10-11H2,1H3/t12-/m0/s1. The van der Waals surface area contributed by atoms with Crippen molar-refractivity contribution in [2.75, 3.05) is 10.7 Å². The molecule has 0 radical (unpaired) electrons. The Labute approximate surface area is 154 Å². The van der Waals surface area contributed by atoms with Crippen molar-refractivity contribution >= 4 is 23.4 Å². The van der Waals surface area contributed by atoms with Crippen molar-refractivity contribution in [1.82, 2.24) is 20.2 Å². The maximum atomic E-state index is 12.8. The number of para-hydroxylation sites is 1. The summed E-state index contributed by atoms with van der Waals surface area (Å²) >= 11 is 1.30. The molecule has 0 unspecified atom stereocenters. The fraction of sp³-hybridized carbons (Fsp3) is 0.222. The summed E-state index contributed by atoms with van der Waals surface area (Å²) in [6.45, 7) is 2.06. The third-order valence-corrected chi connectivity index (χ3v) is 5.24. The number of rotatable bonds is 4. The number of hydrogen-bond donors (Lipinski definition) is 1. The van der Waals surface area contributed by atoms with Crippen LogP contribution in [0.15, 0.2) is 53.7 Å². The van der Waals surface area contributed by atoms with Gasteiger partial charge in [-0.05, 0) is 59.7 Å². The van der Waals surface area contributed by atoms with E-state index in [1.807, 2.05) is 23.1 Å². The second-order valence-corrected chi connectivity index (χ2v) is 7.07. The van der Waals surface area contributed by atoms with Crippen molar-refractivity contribution < 1.29 is 9.90 Å². The Morgan fingerprint density at radius 2 is 2.00 bits per heavy atom. The summed E-state index contributed by atoms with van der Waals surface area (Å²) in [5, 5.41) is 21.6. The van der Waals surface area contributed by atoms with E-state index >= 15 is 0 Å². The summed E-state index contributed by atoms with van der Waals surface area (Å²) in [5.41, 5.74) is 2.92. The lowest BCUT2D eigenvalue weighted by Crippen LogP contribution is -2.37. The van der Waals surface area contributed by atoms with Gasteiger partial charge in [-0.3, -0.25) is 4.79 Å². The Kier molecular flexibility index (Phi) is 4.34. The summed E-state index contributed by atoms with van der Waals surface area (Å²) in [4.78, 5) is 14.7. The molecule has 4 rings (SSSR count). The highest BCUT2D eigenvalue weighted by Crippen LogP contribution is 2.32. The summed E-state index contributed by atoms with van der Waals surface area (Å²) in [5.74, 6) is 0.456. The second-order valence-electron chi connectivity index (χ2n) is 6.12. The highest BCUT2D eigenvalue weighted by Gasteiger charge is 2.30. The monoisotopic (exact) mass is 367 g/mol. The average Bonchev–Trinajstić information content (AvgIpc) is 3.23. The van der Waals surface area contributed by atoms with E-state index in [0.29, 0.717) is 5.16 Å². The van der Waals surface area contributed by atoms with Gasteiger partial charge in [0.05, 0.1) is 11.4 Å². The van der Waals surface area contributed by atoms with E-state index in [1.165, 1.54) is 17.3 Å². The lowest BCUT2D eigenvalue weighted by Gasteiger charge is -2.22. The molecule has 132 valence electrons. The predicted octanol–water partition coefficient (Wildman–Crippen LogP) is 2.44. The van der Waals surface area contributed by atoms with Crippen LogP contribution in [0.2, 0.25) is 0 Å². The first-order chi connectivity index (χ1) is 12.6. The van der Waals surface area contributed by atoms with E-state index in [9.17, 15) is 9.90 Å². The van der Waals surface area contributed by atoms with Crippen molar-refractivity contribution in [2.45, 2.75) is 24.5 Å². The van der Waals surface area contributed by atoms with E-state index < -0.39 is 0 Å². The molecule has 3 aromatic rings. The third kappa shape index (κ3) is 3.03. The van der Waals surface area contributed by atoms with Gasteiger partial charge in [0.1, 0.15) is 5.75 Å². The number of amides is 1. The van der Waals surface area contributed by atoms with Gasteiger partial charge in [-0.15, -0.1) is 5.10 Å². The van der Waals surface area contributed by atoms with Crippen LogP contribution in [0.1, 0.15) is 12.5 Å². The molecule has 0 fully saturated rings. The molecule has 0 aliphatic carbocycles. The maximum Gasteiger partial charge on any atom is 0.237 e. The Hall–Kier alpha value is -2.87. The van der Waals surface area contributed by atoms with Gasteiger partial charge in [-0.2, -0.15) is 4.68 Å². The van der Waals surface area contributed by atoms with Crippen molar-refractivity contribution in [3.63, 3.8) is 0 Å². The molecule has 0 saturated heterocycles. The molecule has 0 saturated carbocycles. The quantitative estimate of drug-likeness (QED) is 0.713. The van der Waals surface area contributed by atoms with E-state index in [0.717, 1.165) is 17.8 Å². The fourth-order valence-electron chi connectivity index (χ4n) is 3.17. The number of phenols is 1. The number of fused-ring (bicyclic) bond motifs is 1. The summed E-state index contributed by atoms with van der Waals surface area (Å²) in [6.07, 6.45) is 0.873. The molecule has 2 heterocycles. The number of benzene rings is 2. The van der Waals surface area contributed by atoms with Gasteiger partial charge in [0.15, 0.2) is 0 Å². The Bertz CT molecular complexity index is 941. The lowest BCUT2D eigenvalue weighted by molar-refractivity contribution is -0.116. The predicted molar refractivity (Wildman–Crippen MR) is 98.6 cm³/mol. The number of phenolic OH excluding ortho intramolecular Hbond substituents is 1. The number of aromatic nitrogens is 4. The molecule has 8 heteroatoms. The number of thioether (sulfide) groups is 1. The fourth-order valence-corrected chi connectivity index (χ4v) is 3.92. The molecule has 1 amide bonds. The zero-order chi connectivity index (χ0) is 18.1. The van der Waals surface area contributed by atoms with Crippen LogP contribution in [0, 0.1) is 0 Å². The Balaban J connectivity index is 1.49. The summed E-state index contributed by atoms with van der Waals surface area (Å²) in [6, 6.07) is 14.7. The van der Waals surface area contributed by atoms with Crippen molar-refractivity contribution in [2.24, 2.45) is 0 Å².